The molecule has 0 fully saturated rings. The van der Waals surface area contributed by atoms with Crippen molar-refractivity contribution in [1.29, 1.82) is 0 Å². The fourth-order valence-corrected chi connectivity index (χ4v) is 0. The van der Waals surface area contributed by atoms with Gasteiger partial charge in [0.25, 0.3) is 0 Å². The van der Waals surface area contributed by atoms with Gasteiger partial charge in [0.1, 0.15) is 0 Å². The van der Waals surface area contributed by atoms with Gasteiger partial charge in [-0.25, -0.2) is 0 Å². The smallest absolute Gasteiger partial charge is 0 e. The molecular weight excluding hydrogens is 222 g/mol. The maximum atomic E-state index is 0. The molecule has 0 unspecified atom stereocenters. The Morgan fingerprint density at radius 3 is 0.333 bits per heavy atom. The average Bonchev–Trinajstić information content (AvgIpc) is 0. The fourth-order valence-electron chi connectivity index (χ4n) is 0. The zero-order chi connectivity index (χ0) is 0. The van der Waals surface area contributed by atoms with E-state index in [1.165, 1.54) is 0 Å². The average molecular weight is 239 g/mol. The maximum Gasteiger partial charge on any atom is 0 e. The molecule has 0 aliphatic rings. The van der Waals surface area contributed by atoms with Crippen LogP contribution in [0, 0.1) is 0 Å². The Morgan fingerprint density at radius 2 is 0.333 bits per heavy atom. The van der Waals surface area contributed by atoms with Crippen LogP contribution in [-0.2, 0) is 21.1 Å². The van der Waals surface area contributed by atoms with Crippen molar-refractivity contribution in [3.63, 3.8) is 0 Å². The van der Waals surface area contributed by atoms with E-state index in [4.69, 9.17) is 0 Å². The number of hydrogen-bond donors (Lipinski definition) is 1. The molecular formula is H17MoNO7. The van der Waals surface area contributed by atoms with Crippen molar-refractivity contribution in [1.82, 2.24) is 6.15 Å². The van der Waals surface area contributed by atoms with E-state index in [1.807, 2.05) is 0 Å². The molecule has 9 heteroatoms. The van der Waals surface area contributed by atoms with Gasteiger partial charge < -0.3 is 44.5 Å². The number of rotatable bonds is 0. The summed E-state index contributed by atoms with van der Waals surface area (Å²) >= 11 is 0. The van der Waals surface area contributed by atoms with Crippen molar-refractivity contribution in [2.45, 2.75) is 0 Å². The van der Waals surface area contributed by atoms with Crippen molar-refractivity contribution < 1.29 is 59.4 Å². The Balaban J connectivity index is 0. The van der Waals surface area contributed by atoms with Gasteiger partial charge in [-0.1, -0.05) is 0 Å². The largest absolute Gasteiger partial charge is 0.412 e. The second-order valence-corrected chi connectivity index (χ2v) is 0. The van der Waals surface area contributed by atoms with Crippen molar-refractivity contribution in [2.75, 3.05) is 0 Å². The zero-order valence-electron chi connectivity index (χ0n) is 4.62. The Hall–Kier alpha value is 0.368. The molecule has 8 nitrogen and oxygen atoms in total. The van der Waals surface area contributed by atoms with Crippen molar-refractivity contribution in [2.24, 2.45) is 0 Å². The summed E-state index contributed by atoms with van der Waals surface area (Å²) in [4.78, 5) is 0. The topological polar surface area (TPSA) is 256 Å². The minimum absolute atomic E-state index is 0. The van der Waals surface area contributed by atoms with Crippen LogP contribution in [0.15, 0.2) is 0 Å². The van der Waals surface area contributed by atoms with E-state index < -0.39 is 0 Å². The molecule has 0 radical (unpaired) electrons. The molecule has 17 N–H and O–H groups in total. The van der Waals surface area contributed by atoms with E-state index in [0.29, 0.717) is 0 Å². The third kappa shape index (κ3) is 2500. The Kier molecular flexibility index (Phi) is 1800000. The maximum absolute atomic E-state index is 0. The third-order valence-corrected chi connectivity index (χ3v) is 0. The second kappa shape index (κ2) is 3350. The predicted molar refractivity (Wildman–Crippen MR) is 30.3 cm³/mol. The summed E-state index contributed by atoms with van der Waals surface area (Å²) in [5.41, 5.74) is 0. The van der Waals surface area contributed by atoms with E-state index >= 15 is 0 Å². The first-order chi connectivity index (χ1) is 0. The molecule has 0 spiro atoms. The summed E-state index contributed by atoms with van der Waals surface area (Å²) in [6.07, 6.45) is 0. The predicted octanol–water partition coefficient (Wildman–Crippen LogP) is -5.61. The molecule has 0 aliphatic heterocycles. The van der Waals surface area contributed by atoms with Gasteiger partial charge in [0.05, 0.1) is 0 Å². The molecule has 0 saturated heterocycles. The van der Waals surface area contributed by atoms with Gasteiger partial charge in [0, 0.05) is 21.1 Å². The van der Waals surface area contributed by atoms with Gasteiger partial charge in [-0.3, -0.25) is 0 Å². The van der Waals surface area contributed by atoms with Crippen LogP contribution in [-0.4, -0.2) is 38.3 Å². The van der Waals surface area contributed by atoms with E-state index in [2.05, 4.69) is 0 Å². The van der Waals surface area contributed by atoms with E-state index in [0.717, 1.165) is 0 Å². The molecule has 0 saturated carbocycles. The molecule has 0 rings (SSSR count). The molecule has 0 heterocycles. The standard InChI is InChI=1S/Mo.H3N.7H2O/h;1H3;7*1H2. The minimum atomic E-state index is 0. The second-order valence-electron chi connectivity index (χ2n) is 0. The normalized spacial score (nSPS) is 0. The summed E-state index contributed by atoms with van der Waals surface area (Å²) in [5, 5.41) is 0. The van der Waals surface area contributed by atoms with E-state index in [-0.39, 0.29) is 65.5 Å². The van der Waals surface area contributed by atoms with Crippen molar-refractivity contribution in [3.8, 4) is 0 Å². The quantitative estimate of drug-likeness (QED) is 0.398. The Bertz CT molecular complexity index is 8.88. The van der Waals surface area contributed by atoms with Gasteiger partial charge in [-0.05, 0) is 0 Å². The first-order valence-electron chi connectivity index (χ1n) is 0. The van der Waals surface area contributed by atoms with E-state index in [9.17, 15) is 0 Å². The van der Waals surface area contributed by atoms with Gasteiger partial charge in [0.15, 0.2) is 0 Å². The van der Waals surface area contributed by atoms with Gasteiger partial charge in [-0.15, -0.1) is 0 Å². The molecule has 9 heavy (non-hydrogen) atoms. The summed E-state index contributed by atoms with van der Waals surface area (Å²) in [6, 6.07) is 0. The van der Waals surface area contributed by atoms with Crippen molar-refractivity contribution >= 4 is 0 Å². The molecule has 0 aromatic heterocycles. The summed E-state index contributed by atoms with van der Waals surface area (Å²) in [7, 11) is 0. The van der Waals surface area contributed by atoms with Gasteiger partial charge in [0.2, 0.25) is 0 Å². The molecule has 0 bridgehead atoms. The third-order valence-electron chi connectivity index (χ3n) is 0. The van der Waals surface area contributed by atoms with E-state index in [1.54, 1.807) is 0 Å². The Labute approximate surface area is 66.3 Å². The van der Waals surface area contributed by atoms with Crippen LogP contribution in [0.25, 0.3) is 0 Å². The first kappa shape index (κ1) is 4840. The monoisotopic (exact) mass is 241 g/mol. The molecule has 0 aromatic carbocycles. The molecule has 0 amide bonds. The minimum Gasteiger partial charge on any atom is -0.412 e. The molecule has 0 aliphatic carbocycles. The molecule has 70 valence electrons. The fraction of sp³-hybridized carbons (Fsp3) is 0. The summed E-state index contributed by atoms with van der Waals surface area (Å²) in [5.74, 6) is 0. The number of hydrogen-bond acceptors (Lipinski definition) is 1. The summed E-state index contributed by atoms with van der Waals surface area (Å²) in [6.45, 7) is 0. The zero-order valence-corrected chi connectivity index (χ0v) is 6.62. The van der Waals surface area contributed by atoms with Crippen molar-refractivity contribution in [3.05, 3.63) is 0 Å². The SMILES string of the molecule is N.O.O.O.O.O.O.O.[Mo]. The van der Waals surface area contributed by atoms with Crippen LogP contribution in [0.5, 0.6) is 0 Å². The van der Waals surface area contributed by atoms with Crippen LogP contribution in [0.3, 0.4) is 0 Å². The summed E-state index contributed by atoms with van der Waals surface area (Å²) < 4.78 is 0. The van der Waals surface area contributed by atoms with Crippen LogP contribution in [0.2, 0.25) is 0 Å². The van der Waals surface area contributed by atoms with Gasteiger partial charge >= 0.3 is 0 Å². The van der Waals surface area contributed by atoms with Crippen LogP contribution < -0.4 is 6.15 Å². The van der Waals surface area contributed by atoms with Crippen LogP contribution >= 0.6 is 0 Å². The van der Waals surface area contributed by atoms with Crippen LogP contribution in [0.4, 0.5) is 0 Å². The molecule has 0 aromatic rings. The van der Waals surface area contributed by atoms with Gasteiger partial charge in [-0.2, -0.15) is 0 Å². The molecule has 0 atom stereocenters. The Morgan fingerprint density at radius 1 is 0.333 bits per heavy atom. The van der Waals surface area contributed by atoms with Crippen LogP contribution in [0.1, 0.15) is 0 Å². The first-order valence-corrected chi connectivity index (χ1v) is 0.